The number of hydrogen-bond acceptors (Lipinski definition) is 4. The number of nitrogens with zero attached hydrogens (tertiary/aromatic N) is 1. The van der Waals surface area contributed by atoms with Crippen molar-refractivity contribution in [3.63, 3.8) is 0 Å². The van der Waals surface area contributed by atoms with Crippen LogP contribution in [0.2, 0.25) is 0 Å². The molecule has 0 aromatic carbocycles. The molecule has 0 bridgehead atoms. The monoisotopic (exact) mass is 268 g/mol. The van der Waals surface area contributed by atoms with Crippen LogP contribution >= 0.6 is 0 Å². The van der Waals surface area contributed by atoms with Crippen molar-refractivity contribution in [2.75, 3.05) is 7.11 Å². The number of alkyl halides is 2. The molecule has 0 saturated carbocycles. The van der Waals surface area contributed by atoms with Gasteiger partial charge in [0.25, 0.3) is 12.0 Å². The van der Waals surface area contributed by atoms with Crippen molar-refractivity contribution in [3.8, 4) is 0 Å². The predicted molar refractivity (Wildman–Crippen MR) is 63.4 cm³/mol. The van der Waals surface area contributed by atoms with Crippen LogP contribution in [0, 0.1) is 6.92 Å². The minimum absolute atomic E-state index is 0.102. The SMILES string of the molecule is COC(=O)c1cnc2c(C)c(C(F)F)c(=O)[nH]c2c1. The molecular weight excluding hydrogens is 258 g/mol. The Morgan fingerprint density at radius 3 is 2.74 bits per heavy atom. The van der Waals surface area contributed by atoms with E-state index in [9.17, 15) is 18.4 Å². The largest absolute Gasteiger partial charge is 0.465 e. The molecule has 0 aliphatic rings. The number of esters is 1. The molecule has 2 rings (SSSR count). The molecule has 0 aliphatic carbocycles. The average Bonchev–Trinajstić information content (AvgIpc) is 2.36. The van der Waals surface area contributed by atoms with Gasteiger partial charge in [0.1, 0.15) is 0 Å². The fourth-order valence-electron chi connectivity index (χ4n) is 1.84. The van der Waals surface area contributed by atoms with Crippen molar-refractivity contribution in [2.45, 2.75) is 13.3 Å². The molecule has 19 heavy (non-hydrogen) atoms. The van der Waals surface area contributed by atoms with Crippen molar-refractivity contribution >= 4 is 17.0 Å². The Morgan fingerprint density at radius 2 is 2.16 bits per heavy atom. The first-order valence-electron chi connectivity index (χ1n) is 5.34. The van der Waals surface area contributed by atoms with E-state index in [1.807, 2.05) is 0 Å². The highest BCUT2D eigenvalue weighted by atomic mass is 19.3. The number of rotatable bonds is 2. The van der Waals surface area contributed by atoms with Gasteiger partial charge in [-0.1, -0.05) is 0 Å². The molecule has 0 saturated heterocycles. The molecule has 0 atom stereocenters. The Balaban J connectivity index is 2.74. The van der Waals surface area contributed by atoms with Gasteiger partial charge in [-0.15, -0.1) is 0 Å². The van der Waals surface area contributed by atoms with Crippen molar-refractivity contribution in [3.05, 3.63) is 39.3 Å². The molecule has 2 heterocycles. The van der Waals surface area contributed by atoms with Crippen LogP contribution in [0.4, 0.5) is 8.78 Å². The van der Waals surface area contributed by atoms with Gasteiger partial charge in [0, 0.05) is 6.20 Å². The summed E-state index contributed by atoms with van der Waals surface area (Å²) in [7, 11) is 1.21. The zero-order valence-electron chi connectivity index (χ0n) is 10.2. The van der Waals surface area contributed by atoms with E-state index in [0.29, 0.717) is 0 Å². The smallest absolute Gasteiger partial charge is 0.339 e. The van der Waals surface area contributed by atoms with E-state index in [4.69, 9.17) is 0 Å². The number of fused-ring (bicyclic) bond motifs is 1. The summed E-state index contributed by atoms with van der Waals surface area (Å²) in [5.41, 5.74) is -0.813. The number of aromatic amines is 1. The third-order valence-electron chi connectivity index (χ3n) is 2.78. The fraction of sp³-hybridized carbons (Fsp3) is 0.250. The van der Waals surface area contributed by atoms with E-state index in [-0.39, 0.29) is 22.2 Å². The summed E-state index contributed by atoms with van der Waals surface area (Å²) in [6.07, 6.45) is -1.66. The lowest BCUT2D eigenvalue weighted by atomic mass is 10.1. The van der Waals surface area contributed by atoms with Crippen molar-refractivity contribution in [1.29, 1.82) is 0 Å². The Bertz CT molecular complexity index is 710. The van der Waals surface area contributed by atoms with E-state index in [1.54, 1.807) is 0 Å². The summed E-state index contributed by atoms with van der Waals surface area (Å²) in [6, 6.07) is 1.35. The molecule has 0 fully saturated rings. The van der Waals surface area contributed by atoms with Gasteiger partial charge < -0.3 is 9.72 Å². The Morgan fingerprint density at radius 1 is 1.47 bits per heavy atom. The molecule has 2 aromatic heterocycles. The Labute approximate surface area is 106 Å². The molecule has 5 nitrogen and oxygen atoms in total. The molecule has 1 N–H and O–H groups in total. The summed E-state index contributed by atoms with van der Waals surface area (Å²) in [6.45, 7) is 1.39. The van der Waals surface area contributed by atoms with Crippen molar-refractivity contribution in [2.24, 2.45) is 0 Å². The summed E-state index contributed by atoms with van der Waals surface area (Å²) < 4.78 is 30.0. The number of ether oxygens (including phenoxy) is 1. The standard InChI is InChI=1S/C12H10F2N2O3/c1-5-8(10(13)14)11(17)16-7-3-6(12(18)19-2)4-15-9(5)7/h3-4,10H,1-2H3,(H,16,17). The van der Waals surface area contributed by atoms with E-state index < -0.39 is 23.5 Å². The van der Waals surface area contributed by atoms with E-state index in [1.165, 1.54) is 26.3 Å². The van der Waals surface area contributed by atoms with Crippen LogP contribution in [-0.2, 0) is 4.74 Å². The number of carbonyl (C=O) groups excluding carboxylic acids is 1. The number of nitrogens with one attached hydrogen (secondary N) is 1. The highest BCUT2D eigenvalue weighted by molar-refractivity contribution is 5.93. The molecule has 0 aliphatic heterocycles. The normalized spacial score (nSPS) is 11.0. The zero-order chi connectivity index (χ0) is 14.2. The number of aryl methyl sites for hydroxylation is 1. The number of hydrogen-bond donors (Lipinski definition) is 1. The molecule has 7 heteroatoms. The third-order valence-corrected chi connectivity index (χ3v) is 2.78. The van der Waals surface area contributed by atoms with Gasteiger partial charge >= 0.3 is 5.97 Å². The number of H-pyrrole nitrogens is 1. The van der Waals surface area contributed by atoms with Crippen LogP contribution in [0.25, 0.3) is 11.0 Å². The van der Waals surface area contributed by atoms with Crippen LogP contribution in [-0.4, -0.2) is 23.0 Å². The lowest BCUT2D eigenvalue weighted by Gasteiger charge is -2.08. The molecule has 0 unspecified atom stereocenters. The van der Waals surface area contributed by atoms with Crippen molar-refractivity contribution in [1.82, 2.24) is 9.97 Å². The van der Waals surface area contributed by atoms with Gasteiger partial charge in [0.15, 0.2) is 0 Å². The van der Waals surface area contributed by atoms with E-state index in [2.05, 4.69) is 14.7 Å². The summed E-state index contributed by atoms with van der Waals surface area (Å²) in [5, 5.41) is 0. The highest BCUT2D eigenvalue weighted by Crippen LogP contribution is 2.23. The lowest BCUT2D eigenvalue weighted by Crippen LogP contribution is -2.16. The van der Waals surface area contributed by atoms with Crippen LogP contribution in [0.1, 0.15) is 27.9 Å². The number of aromatic nitrogens is 2. The average molecular weight is 268 g/mol. The van der Waals surface area contributed by atoms with Gasteiger partial charge in [0.2, 0.25) is 0 Å². The number of methoxy groups -OCH3 is 1. The minimum Gasteiger partial charge on any atom is -0.465 e. The second kappa shape index (κ2) is 4.75. The summed E-state index contributed by atoms with van der Waals surface area (Å²) in [5.74, 6) is -0.620. The number of pyridine rings is 2. The summed E-state index contributed by atoms with van der Waals surface area (Å²) in [4.78, 5) is 29.1. The maximum Gasteiger partial charge on any atom is 0.339 e. The molecular formula is C12H10F2N2O3. The molecule has 0 amide bonds. The quantitative estimate of drug-likeness (QED) is 0.845. The molecule has 100 valence electrons. The van der Waals surface area contributed by atoms with Crippen LogP contribution in [0.3, 0.4) is 0 Å². The molecule has 0 spiro atoms. The lowest BCUT2D eigenvalue weighted by molar-refractivity contribution is 0.0600. The maximum atomic E-state index is 12.8. The van der Waals surface area contributed by atoms with Gasteiger partial charge in [0.05, 0.1) is 29.3 Å². The first-order valence-corrected chi connectivity index (χ1v) is 5.34. The highest BCUT2D eigenvalue weighted by Gasteiger charge is 2.19. The predicted octanol–water partition coefficient (Wildman–Crippen LogP) is 1.96. The summed E-state index contributed by atoms with van der Waals surface area (Å²) >= 11 is 0. The van der Waals surface area contributed by atoms with Crippen LogP contribution < -0.4 is 5.56 Å². The minimum atomic E-state index is -2.88. The van der Waals surface area contributed by atoms with E-state index >= 15 is 0 Å². The maximum absolute atomic E-state index is 12.8. The third kappa shape index (κ3) is 2.18. The van der Waals surface area contributed by atoms with Crippen LogP contribution in [0.5, 0.6) is 0 Å². The number of halogens is 2. The zero-order valence-corrected chi connectivity index (χ0v) is 10.2. The van der Waals surface area contributed by atoms with Crippen LogP contribution in [0.15, 0.2) is 17.1 Å². The first kappa shape index (κ1) is 13.1. The van der Waals surface area contributed by atoms with Gasteiger partial charge in [-0.25, -0.2) is 13.6 Å². The number of carbonyl (C=O) groups is 1. The second-order valence-electron chi connectivity index (χ2n) is 3.91. The van der Waals surface area contributed by atoms with Crippen molar-refractivity contribution < 1.29 is 18.3 Å². The molecule has 2 aromatic rings. The Kier molecular flexibility index (Phi) is 3.28. The molecule has 0 radical (unpaired) electrons. The Hall–Kier alpha value is -2.31. The topological polar surface area (TPSA) is 72.0 Å². The second-order valence-corrected chi connectivity index (χ2v) is 3.91. The first-order chi connectivity index (χ1) is 8.95. The van der Waals surface area contributed by atoms with Gasteiger partial charge in [-0.3, -0.25) is 9.78 Å². The van der Waals surface area contributed by atoms with Gasteiger partial charge in [-0.2, -0.15) is 0 Å². The van der Waals surface area contributed by atoms with E-state index in [0.717, 1.165) is 0 Å². The fourth-order valence-corrected chi connectivity index (χ4v) is 1.84. The van der Waals surface area contributed by atoms with Gasteiger partial charge in [-0.05, 0) is 18.6 Å².